The van der Waals surface area contributed by atoms with Crippen LogP contribution in [0.15, 0.2) is 48.5 Å². The number of halogens is 2. The standard InChI is InChI=1S/C23H19ClFNO3/c1-12-4-5-15(19-11-17(24)6-7-20(19)25)10-18(12)22(27)26-21-13(2)8-16(23(28)29)9-14(21)3/h4-11H,1-3H3,(H,26,27)(H,28,29). The Balaban J connectivity index is 1.98. The number of aromatic carboxylic acids is 1. The van der Waals surface area contributed by atoms with Crippen LogP contribution in [0.5, 0.6) is 0 Å². The van der Waals surface area contributed by atoms with E-state index in [-0.39, 0.29) is 11.5 Å². The highest BCUT2D eigenvalue weighted by Crippen LogP contribution is 2.29. The maximum Gasteiger partial charge on any atom is 0.335 e. The van der Waals surface area contributed by atoms with Gasteiger partial charge in [-0.05, 0) is 79.4 Å². The van der Waals surface area contributed by atoms with Crippen LogP contribution in [0.3, 0.4) is 0 Å². The van der Waals surface area contributed by atoms with E-state index in [9.17, 15) is 19.1 Å². The van der Waals surface area contributed by atoms with Crippen LogP contribution in [-0.2, 0) is 0 Å². The highest BCUT2D eigenvalue weighted by Gasteiger charge is 2.16. The van der Waals surface area contributed by atoms with Gasteiger partial charge in [0, 0.05) is 21.8 Å². The van der Waals surface area contributed by atoms with E-state index < -0.39 is 11.8 Å². The lowest BCUT2D eigenvalue weighted by atomic mass is 9.98. The van der Waals surface area contributed by atoms with Crippen LogP contribution in [0.2, 0.25) is 5.02 Å². The lowest BCUT2D eigenvalue weighted by Crippen LogP contribution is -2.16. The van der Waals surface area contributed by atoms with Crippen molar-refractivity contribution in [2.75, 3.05) is 5.32 Å². The van der Waals surface area contributed by atoms with Crippen molar-refractivity contribution < 1.29 is 19.1 Å². The largest absolute Gasteiger partial charge is 0.478 e. The maximum absolute atomic E-state index is 14.2. The molecule has 6 heteroatoms. The highest BCUT2D eigenvalue weighted by molar-refractivity contribution is 6.30. The van der Waals surface area contributed by atoms with Gasteiger partial charge in [0.25, 0.3) is 5.91 Å². The van der Waals surface area contributed by atoms with Crippen molar-refractivity contribution in [1.82, 2.24) is 0 Å². The van der Waals surface area contributed by atoms with Crippen LogP contribution in [0.4, 0.5) is 10.1 Å². The second-order valence-corrected chi connectivity index (χ2v) is 7.33. The Kier molecular flexibility index (Phi) is 5.71. The average molecular weight is 412 g/mol. The lowest BCUT2D eigenvalue weighted by molar-refractivity contribution is 0.0696. The molecule has 0 aliphatic carbocycles. The molecule has 0 fully saturated rings. The molecule has 0 aliphatic rings. The summed E-state index contributed by atoms with van der Waals surface area (Å²) in [4.78, 5) is 24.1. The number of carboxylic acid groups (broad SMARTS) is 1. The second-order valence-electron chi connectivity index (χ2n) is 6.90. The van der Waals surface area contributed by atoms with Gasteiger partial charge in [0.15, 0.2) is 0 Å². The van der Waals surface area contributed by atoms with Crippen LogP contribution in [-0.4, -0.2) is 17.0 Å². The number of hydrogen-bond donors (Lipinski definition) is 2. The van der Waals surface area contributed by atoms with Gasteiger partial charge >= 0.3 is 5.97 Å². The summed E-state index contributed by atoms with van der Waals surface area (Å²) in [6, 6.07) is 12.4. The van der Waals surface area contributed by atoms with E-state index in [1.165, 1.54) is 30.3 Å². The first kappa shape index (κ1) is 20.6. The van der Waals surface area contributed by atoms with E-state index in [0.717, 1.165) is 5.56 Å². The summed E-state index contributed by atoms with van der Waals surface area (Å²) in [6.07, 6.45) is 0. The molecular formula is C23H19ClFNO3. The number of carboxylic acids is 1. The Bertz CT molecular complexity index is 1120. The zero-order valence-electron chi connectivity index (χ0n) is 16.1. The fraction of sp³-hybridized carbons (Fsp3) is 0.130. The third kappa shape index (κ3) is 4.30. The van der Waals surface area contributed by atoms with Gasteiger partial charge in [-0.3, -0.25) is 4.79 Å². The first-order valence-electron chi connectivity index (χ1n) is 8.89. The Hall–Kier alpha value is -3.18. The number of hydrogen-bond acceptors (Lipinski definition) is 2. The van der Waals surface area contributed by atoms with E-state index in [2.05, 4.69) is 5.32 Å². The Morgan fingerprint density at radius 1 is 0.931 bits per heavy atom. The van der Waals surface area contributed by atoms with Crippen molar-refractivity contribution in [3.8, 4) is 11.1 Å². The molecule has 2 N–H and O–H groups in total. The molecule has 0 bridgehead atoms. The Morgan fingerprint density at radius 2 is 1.59 bits per heavy atom. The summed E-state index contributed by atoms with van der Waals surface area (Å²) in [5, 5.41) is 12.4. The topological polar surface area (TPSA) is 66.4 Å². The van der Waals surface area contributed by atoms with E-state index in [1.807, 2.05) is 0 Å². The van der Waals surface area contributed by atoms with Crippen LogP contribution in [0.25, 0.3) is 11.1 Å². The summed E-state index contributed by atoms with van der Waals surface area (Å²) in [5.74, 6) is -1.82. The van der Waals surface area contributed by atoms with E-state index in [4.69, 9.17) is 11.6 Å². The van der Waals surface area contributed by atoms with Gasteiger partial charge in [-0.15, -0.1) is 0 Å². The number of rotatable bonds is 4. The van der Waals surface area contributed by atoms with Gasteiger partial charge in [-0.2, -0.15) is 0 Å². The van der Waals surface area contributed by atoms with Crippen molar-refractivity contribution in [2.45, 2.75) is 20.8 Å². The fourth-order valence-electron chi connectivity index (χ4n) is 3.22. The number of anilines is 1. The second kappa shape index (κ2) is 8.05. The molecule has 3 aromatic carbocycles. The predicted octanol–water partition coefficient (Wildman–Crippen LogP) is 6.02. The van der Waals surface area contributed by atoms with Crippen molar-refractivity contribution in [3.05, 3.63) is 87.2 Å². The fourth-order valence-corrected chi connectivity index (χ4v) is 3.39. The van der Waals surface area contributed by atoms with Gasteiger partial charge in [0.1, 0.15) is 5.82 Å². The number of carbonyl (C=O) groups excluding carboxylic acids is 1. The minimum atomic E-state index is -1.03. The minimum Gasteiger partial charge on any atom is -0.478 e. The highest BCUT2D eigenvalue weighted by atomic mass is 35.5. The molecule has 0 saturated heterocycles. The van der Waals surface area contributed by atoms with Gasteiger partial charge in [-0.1, -0.05) is 23.7 Å². The molecule has 4 nitrogen and oxygen atoms in total. The maximum atomic E-state index is 14.2. The van der Waals surface area contributed by atoms with Gasteiger partial charge in [-0.25, -0.2) is 9.18 Å². The third-order valence-corrected chi connectivity index (χ3v) is 4.97. The molecule has 0 unspecified atom stereocenters. The predicted molar refractivity (Wildman–Crippen MR) is 112 cm³/mol. The summed E-state index contributed by atoms with van der Waals surface area (Å²) in [7, 11) is 0. The Labute approximate surface area is 173 Å². The summed E-state index contributed by atoms with van der Waals surface area (Å²) in [6.45, 7) is 5.26. The number of amides is 1. The van der Waals surface area contributed by atoms with Gasteiger partial charge < -0.3 is 10.4 Å². The van der Waals surface area contributed by atoms with Crippen molar-refractivity contribution in [2.24, 2.45) is 0 Å². The normalized spacial score (nSPS) is 10.7. The molecule has 1 amide bonds. The first-order valence-corrected chi connectivity index (χ1v) is 9.27. The molecule has 0 aliphatic heterocycles. The molecule has 29 heavy (non-hydrogen) atoms. The minimum absolute atomic E-state index is 0.160. The molecule has 0 radical (unpaired) electrons. The van der Waals surface area contributed by atoms with Crippen molar-refractivity contribution in [3.63, 3.8) is 0 Å². The molecule has 0 atom stereocenters. The molecular weight excluding hydrogens is 393 g/mol. The zero-order valence-corrected chi connectivity index (χ0v) is 16.9. The molecule has 3 aromatic rings. The number of nitrogens with one attached hydrogen (secondary N) is 1. The zero-order chi connectivity index (χ0) is 21.3. The van der Waals surface area contributed by atoms with E-state index in [1.54, 1.807) is 39.0 Å². The molecule has 3 rings (SSSR count). The molecule has 0 aromatic heterocycles. The quantitative estimate of drug-likeness (QED) is 0.551. The molecule has 0 saturated carbocycles. The van der Waals surface area contributed by atoms with E-state index >= 15 is 0 Å². The van der Waals surface area contributed by atoms with Crippen molar-refractivity contribution >= 4 is 29.2 Å². The summed E-state index contributed by atoms with van der Waals surface area (Å²) >= 11 is 5.99. The van der Waals surface area contributed by atoms with Crippen LogP contribution < -0.4 is 5.32 Å². The smallest absolute Gasteiger partial charge is 0.335 e. The monoisotopic (exact) mass is 411 g/mol. The van der Waals surface area contributed by atoms with Crippen molar-refractivity contribution in [1.29, 1.82) is 0 Å². The van der Waals surface area contributed by atoms with Crippen LogP contribution in [0, 0.1) is 26.6 Å². The van der Waals surface area contributed by atoms with E-state index in [0.29, 0.717) is 38.5 Å². The number of benzene rings is 3. The van der Waals surface area contributed by atoms with Gasteiger partial charge in [0.2, 0.25) is 0 Å². The molecule has 0 spiro atoms. The van der Waals surface area contributed by atoms with Crippen LogP contribution >= 0.6 is 11.6 Å². The molecule has 148 valence electrons. The molecule has 0 heterocycles. The summed E-state index contributed by atoms with van der Waals surface area (Å²) in [5.41, 5.74) is 3.97. The third-order valence-electron chi connectivity index (χ3n) is 4.74. The SMILES string of the molecule is Cc1ccc(-c2cc(Cl)ccc2F)cc1C(=O)Nc1c(C)cc(C(=O)O)cc1C. The number of carbonyl (C=O) groups is 2. The number of aryl methyl sites for hydroxylation is 3. The average Bonchev–Trinajstić information content (AvgIpc) is 2.66. The first-order chi connectivity index (χ1) is 13.7. The summed E-state index contributed by atoms with van der Waals surface area (Å²) < 4.78 is 14.2. The lowest BCUT2D eigenvalue weighted by Gasteiger charge is -2.15. The Morgan fingerprint density at radius 3 is 2.21 bits per heavy atom. The van der Waals surface area contributed by atoms with Crippen LogP contribution in [0.1, 0.15) is 37.4 Å². The van der Waals surface area contributed by atoms with Gasteiger partial charge in [0.05, 0.1) is 5.56 Å².